The molecule has 2 aromatic rings. The van der Waals surface area contributed by atoms with Crippen molar-refractivity contribution in [3.63, 3.8) is 0 Å². The predicted octanol–water partition coefficient (Wildman–Crippen LogP) is 5.11. The van der Waals surface area contributed by atoms with Gasteiger partial charge in [0, 0.05) is 23.0 Å². The highest BCUT2D eigenvalue weighted by molar-refractivity contribution is 5.45. The van der Waals surface area contributed by atoms with E-state index >= 15 is 0 Å². The molecule has 2 heterocycles. The molecule has 2 fully saturated rings. The smallest absolute Gasteiger partial charge is 0.125 e. The molecular formula is C28H34O6. The maximum Gasteiger partial charge on any atom is 0.125 e. The average Bonchev–Trinajstić information content (AvgIpc) is 3.55. The van der Waals surface area contributed by atoms with E-state index in [-0.39, 0.29) is 24.0 Å². The highest BCUT2D eigenvalue weighted by Crippen LogP contribution is 2.47. The molecule has 6 rings (SSSR count). The fourth-order valence-electron chi connectivity index (χ4n) is 6.05. The van der Waals surface area contributed by atoms with Gasteiger partial charge in [0.05, 0.1) is 37.6 Å². The number of hydrogen-bond donors (Lipinski definition) is 2. The van der Waals surface area contributed by atoms with E-state index in [9.17, 15) is 10.2 Å². The molecule has 4 atom stereocenters. The number of ether oxygens (including phenoxy) is 4. The Kier molecular flexibility index (Phi) is 6.04. The molecule has 34 heavy (non-hydrogen) atoms. The van der Waals surface area contributed by atoms with Gasteiger partial charge < -0.3 is 29.2 Å². The van der Waals surface area contributed by atoms with Gasteiger partial charge in [-0.2, -0.15) is 0 Å². The van der Waals surface area contributed by atoms with E-state index in [2.05, 4.69) is 0 Å². The molecule has 6 heteroatoms. The van der Waals surface area contributed by atoms with Crippen molar-refractivity contribution in [2.45, 2.75) is 75.8 Å². The van der Waals surface area contributed by atoms with Gasteiger partial charge in [0.15, 0.2) is 0 Å². The third-order valence-corrected chi connectivity index (χ3v) is 8.03. The molecule has 0 radical (unpaired) electrons. The summed E-state index contributed by atoms with van der Waals surface area (Å²) < 4.78 is 24.4. The molecule has 182 valence electrons. The van der Waals surface area contributed by atoms with Crippen molar-refractivity contribution in [2.24, 2.45) is 11.8 Å². The van der Waals surface area contributed by atoms with Crippen LogP contribution in [0.5, 0.6) is 23.0 Å². The third kappa shape index (κ3) is 4.22. The first kappa shape index (κ1) is 22.1. The second kappa shape index (κ2) is 9.31. The molecule has 2 aliphatic heterocycles. The highest BCUT2D eigenvalue weighted by atomic mass is 16.5. The molecular weight excluding hydrogens is 432 g/mol. The van der Waals surface area contributed by atoms with Gasteiger partial charge in [-0.15, -0.1) is 0 Å². The van der Waals surface area contributed by atoms with Crippen molar-refractivity contribution in [2.75, 3.05) is 13.2 Å². The first-order valence-corrected chi connectivity index (χ1v) is 12.9. The van der Waals surface area contributed by atoms with Crippen LogP contribution in [0.4, 0.5) is 0 Å². The highest BCUT2D eigenvalue weighted by Gasteiger charge is 2.42. The van der Waals surface area contributed by atoms with Crippen LogP contribution in [0.25, 0.3) is 0 Å². The zero-order chi connectivity index (χ0) is 23.1. The normalized spacial score (nSPS) is 29.1. The Labute approximate surface area is 200 Å². The summed E-state index contributed by atoms with van der Waals surface area (Å²) in [5.74, 6) is 2.32. The Morgan fingerprint density at radius 1 is 0.618 bits per heavy atom. The number of aliphatic hydroxyl groups is 2. The zero-order valence-corrected chi connectivity index (χ0v) is 19.5. The SMILES string of the molecule is O[C@@H]1c2cc(OC3CCCC3)ccc2OC[C@@H]1[C@H]1COc2ccc(OC3CCCC3)cc2[C@@H]1O. The topological polar surface area (TPSA) is 77.4 Å². The fourth-order valence-corrected chi connectivity index (χ4v) is 6.05. The first-order chi connectivity index (χ1) is 16.7. The lowest BCUT2D eigenvalue weighted by molar-refractivity contribution is -0.0553. The van der Waals surface area contributed by atoms with Crippen LogP contribution in [-0.4, -0.2) is 35.6 Å². The van der Waals surface area contributed by atoms with Crippen molar-refractivity contribution in [1.29, 1.82) is 0 Å². The molecule has 6 nitrogen and oxygen atoms in total. The third-order valence-electron chi connectivity index (χ3n) is 8.03. The summed E-state index contributed by atoms with van der Waals surface area (Å²) in [5.41, 5.74) is 1.45. The van der Waals surface area contributed by atoms with E-state index in [0.717, 1.165) is 48.3 Å². The Hall–Kier alpha value is -2.44. The lowest BCUT2D eigenvalue weighted by atomic mass is 9.77. The van der Waals surface area contributed by atoms with Crippen molar-refractivity contribution in [1.82, 2.24) is 0 Å². The first-order valence-electron chi connectivity index (χ1n) is 12.9. The van der Waals surface area contributed by atoms with Crippen LogP contribution in [0.3, 0.4) is 0 Å². The van der Waals surface area contributed by atoms with Gasteiger partial charge in [0.25, 0.3) is 0 Å². The Balaban J connectivity index is 1.20. The van der Waals surface area contributed by atoms with Crippen LogP contribution < -0.4 is 18.9 Å². The van der Waals surface area contributed by atoms with Gasteiger partial charge in [-0.25, -0.2) is 0 Å². The molecule has 0 aromatic heterocycles. The summed E-state index contributed by atoms with van der Waals surface area (Å²) in [6.07, 6.45) is 8.12. The standard InChI is InChI=1S/C28H34O6/c29-27-21-13-19(33-17-5-1-2-6-17)9-11-25(21)31-15-23(27)24-16-32-26-12-10-20(14-22(26)28(24)30)34-18-7-3-4-8-18/h9-14,17-18,23-24,27-30H,1-8,15-16H2/t23-,24-,27-,28+/m1/s1. The largest absolute Gasteiger partial charge is 0.493 e. The summed E-state index contributed by atoms with van der Waals surface area (Å²) >= 11 is 0. The Morgan fingerprint density at radius 3 is 1.44 bits per heavy atom. The van der Waals surface area contributed by atoms with E-state index in [1.807, 2.05) is 36.4 Å². The molecule has 0 unspecified atom stereocenters. The van der Waals surface area contributed by atoms with E-state index < -0.39 is 12.2 Å². The molecule has 0 spiro atoms. The Bertz CT molecular complexity index is 928. The van der Waals surface area contributed by atoms with Crippen molar-refractivity contribution < 1.29 is 29.2 Å². The van der Waals surface area contributed by atoms with E-state index in [4.69, 9.17) is 18.9 Å². The minimum atomic E-state index is -0.765. The maximum atomic E-state index is 11.3. The fraction of sp³-hybridized carbons (Fsp3) is 0.571. The van der Waals surface area contributed by atoms with Gasteiger partial charge in [0.1, 0.15) is 23.0 Å². The minimum Gasteiger partial charge on any atom is -0.493 e. The van der Waals surface area contributed by atoms with Crippen LogP contribution in [-0.2, 0) is 0 Å². The van der Waals surface area contributed by atoms with E-state index in [1.54, 1.807) is 0 Å². The van der Waals surface area contributed by atoms with E-state index in [0.29, 0.717) is 24.7 Å². The van der Waals surface area contributed by atoms with Crippen LogP contribution in [0, 0.1) is 11.8 Å². The van der Waals surface area contributed by atoms with Gasteiger partial charge in [-0.1, -0.05) is 0 Å². The van der Waals surface area contributed by atoms with Crippen molar-refractivity contribution in [3.8, 4) is 23.0 Å². The molecule has 2 N–H and O–H groups in total. The number of benzene rings is 2. The molecule has 2 saturated carbocycles. The van der Waals surface area contributed by atoms with Gasteiger partial charge in [-0.3, -0.25) is 0 Å². The minimum absolute atomic E-state index is 0.251. The molecule has 4 aliphatic rings. The molecule has 0 amide bonds. The second-order valence-corrected chi connectivity index (χ2v) is 10.3. The molecule has 0 saturated heterocycles. The summed E-state index contributed by atoms with van der Waals surface area (Å²) in [6.45, 7) is 0.658. The van der Waals surface area contributed by atoms with Crippen LogP contribution in [0.15, 0.2) is 36.4 Å². The maximum absolute atomic E-state index is 11.3. The summed E-state index contributed by atoms with van der Waals surface area (Å²) in [4.78, 5) is 0. The van der Waals surface area contributed by atoms with E-state index in [1.165, 1.54) is 25.7 Å². The van der Waals surface area contributed by atoms with Crippen molar-refractivity contribution in [3.05, 3.63) is 47.5 Å². The van der Waals surface area contributed by atoms with Gasteiger partial charge >= 0.3 is 0 Å². The lowest BCUT2D eigenvalue weighted by Gasteiger charge is -2.40. The number of aliphatic hydroxyl groups excluding tert-OH is 2. The van der Waals surface area contributed by atoms with Crippen molar-refractivity contribution >= 4 is 0 Å². The van der Waals surface area contributed by atoms with Crippen LogP contribution in [0.1, 0.15) is 74.7 Å². The molecule has 0 bridgehead atoms. The summed E-state index contributed by atoms with van der Waals surface area (Å²) in [5, 5.41) is 22.7. The van der Waals surface area contributed by atoms with Gasteiger partial charge in [-0.05, 0) is 87.8 Å². The van der Waals surface area contributed by atoms with Gasteiger partial charge in [0.2, 0.25) is 0 Å². The lowest BCUT2D eigenvalue weighted by Crippen LogP contribution is -2.40. The Morgan fingerprint density at radius 2 is 1.03 bits per heavy atom. The zero-order valence-electron chi connectivity index (χ0n) is 19.5. The quantitative estimate of drug-likeness (QED) is 0.637. The molecule has 2 aromatic carbocycles. The van der Waals surface area contributed by atoms with Crippen LogP contribution >= 0.6 is 0 Å². The number of fused-ring (bicyclic) bond motifs is 2. The summed E-state index contributed by atoms with van der Waals surface area (Å²) in [7, 11) is 0. The number of hydrogen-bond acceptors (Lipinski definition) is 6. The number of rotatable bonds is 5. The average molecular weight is 467 g/mol. The summed E-state index contributed by atoms with van der Waals surface area (Å²) in [6, 6.07) is 11.4. The molecule has 2 aliphatic carbocycles. The predicted molar refractivity (Wildman–Crippen MR) is 127 cm³/mol. The monoisotopic (exact) mass is 466 g/mol. The van der Waals surface area contributed by atoms with Crippen LogP contribution in [0.2, 0.25) is 0 Å². The second-order valence-electron chi connectivity index (χ2n) is 10.3.